The fraction of sp³-hybridized carbons (Fsp3) is 0.250. The second-order valence-corrected chi connectivity index (χ2v) is 9.75. The third kappa shape index (κ3) is 5.74. The van der Waals surface area contributed by atoms with Crippen molar-refractivity contribution < 1.29 is 19.4 Å². The number of carbonyl (C=O) groups is 2. The van der Waals surface area contributed by atoms with Crippen LogP contribution in [0.4, 0.5) is 4.79 Å². The summed E-state index contributed by atoms with van der Waals surface area (Å²) in [6.45, 7) is 2.92. The maximum atomic E-state index is 13.8. The number of pyridine rings is 2. The van der Waals surface area contributed by atoms with E-state index in [4.69, 9.17) is 9.72 Å². The number of likely N-dealkylation sites (tertiary alicyclic amines) is 1. The Labute approximate surface area is 233 Å². The van der Waals surface area contributed by atoms with Gasteiger partial charge >= 0.3 is 6.09 Å². The Kier molecular flexibility index (Phi) is 7.92. The zero-order chi connectivity index (χ0) is 28.1. The third-order valence-corrected chi connectivity index (χ3v) is 7.02. The highest BCUT2D eigenvalue weighted by Crippen LogP contribution is 2.28. The molecule has 5 rings (SSSR count). The fourth-order valence-corrected chi connectivity index (χ4v) is 5.03. The molecular formula is C32H30N4O4. The molecule has 0 unspecified atom stereocenters. The molecule has 1 aliphatic rings. The van der Waals surface area contributed by atoms with Crippen LogP contribution in [-0.2, 0) is 6.61 Å². The van der Waals surface area contributed by atoms with Crippen LogP contribution in [0.5, 0.6) is 5.75 Å². The highest BCUT2D eigenvalue weighted by molar-refractivity contribution is 6.07. The van der Waals surface area contributed by atoms with E-state index >= 15 is 0 Å². The van der Waals surface area contributed by atoms with E-state index in [2.05, 4.69) is 16.8 Å². The van der Waals surface area contributed by atoms with Crippen LogP contribution in [0.3, 0.4) is 0 Å². The summed E-state index contributed by atoms with van der Waals surface area (Å²) >= 11 is 0. The first-order valence-corrected chi connectivity index (χ1v) is 13.2. The lowest BCUT2D eigenvalue weighted by Gasteiger charge is -2.27. The standard InChI is InChI=1S/C32H30N4O4/c1-3-9-24-19-33-28-16-15-27(23-12-7-14-26(18-23)40-21-22-10-5-4-6-11-22)34-30(28)29(24)31(37)35(2)20-25-13-8-17-36(25)32(38)39/h4-7,10-12,14-16,18-19,25H,8,13,17,20-21H2,1-2H3,(H,38,39)/t25-/m0/s1. The Morgan fingerprint density at radius 2 is 1.95 bits per heavy atom. The summed E-state index contributed by atoms with van der Waals surface area (Å²) < 4.78 is 6.01. The van der Waals surface area contributed by atoms with Gasteiger partial charge in [0.15, 0.2) is 0 Å². The van der Waals surface area contributed by atoms with Crippen molar-refractivity contribution >= 4 is 23.0 Å². The summed E-state index contributed by atoms with van der Waals surface area (Å²) in [5.74, 6) is 6.31. The number of hydrogen-bond acceptors (Lipinski definition) is 5. The smallest absolute Gasteiger partial charge is 0.407 e. The molecule has 8 nitrogen and oxygen atoms in total. The Morgan fingerprint density at radius 1 is 1.12 bits per heavy atom. The van der Waals surface area contributed by atoms with Gasteiger partial charge in [0.05, 0.1) is 28.4 Å². The van der Waals surface area contributed by atoms with Crippen LogP contribution in [0.1, 0.15) is 41.3 Å². The summed E-state index contributed by atoms with van der Waals surface area (Å²) in [4.78, 5) is 37.8. The molecule has 4 aromatic rings. The van der Waals surface area contributed by atoms with Crippen LogP contribution in [0, 0.1) is 11.8 Å². The Balaban J connectivity index is 1.47. The molecule has 2 aromatic heterocycles. The number of likely N-dealkylation sites (N-methyl/N-ethyl adjacent to an activating group) is 1. The second-order valence-electron chi connectivity index (χ2n) is 9.75. The zero-order valence-electron chi connectivity index (χ0n) is 22.5. The topological polar surface area (TPSA) is 95.9 Å². The van der Waals surface area contributed by atoms with Crippen molar-refractivity contribution in [3.8, 4) is 28.8 Å². The monoisotopic (exact) mass is 534 g/mol. The number of carbonyl (C=O) groups excluding carboxylic acids is 1. The number of fused-ring (bicyclic) bond motifs is 1. The van der Waals surface area contributed by atoms with Crippen molar-refractivity contribution in [3.05, 3.63) is 89.6 Å². The number of amides is 2. The molecule has 1 atom stereocenters. The lowest BCUT2D eigenvalue weighted by atomic mass is 10.0. The first kappa shape index (κ1) is 26.7. The molecule has 0 radical (unpaired) electrons. The van der Waals surface area contributed by atoms with Crippen molar-refractivity contribution in [2.45, 2.75) is 32.4 Å². The van der Waals surface area contributed by atoms with Gasteiger partial charge in [-0.3, -0.25) is 9.78 Å². The zero-order valence-corrected chi connectivity index (χ0v) is 22.5. The van der Waals surface area contributed by atoms with Gasteiger partial charge in [0.2, 0.25) is 0 Å². The molecule has 8 heteroatoms. The van der Waals surface area contributed by atoms with Gasteiger partial charge in [0.25, 0.3) is 5.91 Å². The SMILES string of the molecule is CC#Cc1cnc2ccc(-c3cccc(OCc4ccccc4)c3)nc2c1C(=O)N(C)C[C@@H]1CCCN1C(=O)O. The minimum Gasteiger partial charge on any atom is -0.489 e. The molecule has 0 spiro atoms. The number of ether oxygens (including phenoxy) is 1. The number of benzene rings is 2. The van der Waals surface area contributed by atoms with Gasteiger partial charge in [-0.15, -0.1) is 5.92 Å². The summed E-state index contributed by atoms with van der Waals surface area (Å²) in [5.41, 5.74) is 4.46. The van der Waals surface area contributed by atoms with E-state index < -0.39 is 6.09 Å². The van der Waals surface area contributed by atoms with E-state index in [1.54, 1.807) is 25.1 Å². The van der Waals surface area contributed by atoms with Crippen LogP contribution in [-0.4, -0.2) is 63.1 Å². The number of aromatic nitrogens is 2. The molecule has 40 heavy (non-hydrogen) atoms. The molecule has 1 N–H and O–H groups in total. The van der Waals surface area contributed by atoms with Crippen molar-refractivity contribution in [2.24, 2.45) is 0 Å². The van der Waals surface area contributed by atoms with Crippen molar-refractivity contribution in [3.63, 3.8) is 0 Å². The van der Waals surface area contributed by atoms with Gasteiger partial charge in [-0.2, -0.15) is 0 Å². The predicted octanol–water partition coefficient (Wildman–Crippen LogP) is 5.46. The highest BCUT2D eigenvalue weighted by atomic mass is 16.5. The summed E-state index contributed by atoms with van der Waals surface area (Å²) in [5, 5.41) is 9.53. The number of carboxylic acid groups (broad SMARTS) is 1. The van der Waals surface area contributed by atoms with Gasteiger partial charge in [0.1, 0.15) is 17.9 Å². The molecule has 1 fully saturated rings. The van der Waals surface area contributed by atoms with Gasteiger partial charge in [0, 0.05) is 31.9 Å². The molecule has 202 valence electrons. The van der Waals surface area contributed by atoms with Crippen LogP contribution in [0.25, 0.3) is 22.3 Å². The molecule has 1 saturated heterocycles. The van der Waals surface area contributed by atoms with Gasteiger partial charge < -0.3 is 19.6 Å². The van der Waals surface area contributed by atoms with Gasteiger partial charge in [-0.1, -0.05) is 48.4 Å². The molecule has 3 heterocycles. The Hall–Kier alpha value is -4.90. The molecule has 0 bridgehead atoms. The third-order valence-electron chi connectivity index (χ3n) is 7.02. The first-order chi connectivity index (χ1) is 19.4. The van der Waals surface area contributed by atoms with Crippen LogP contribution >= 0.6 is 0 Å². The van der Waals surface area contributed by atoms with Gasteiger partial charge in [-0.25, -0.2) is 9.78 Å². The molecule has 0 saturated carbocycles. The van der Waals surface area contributed by atoms with E-state index in [1.807, 2.05) is 66.7 Å². The van der Waals surface area contributed by atoms with E-state index in [9.17, 15) is 14.7 Å². The second kappa shape index (κ2) is 11.9. The van der Waals surface area contributed by atoms with Crippen molar-refractivity contribution in [1.29, 1.82) is 0 Å². The van der Waals surface area contributed by atoms with E-state index in [0.29, 0.717) is 53.2 Å². The molecule has 2 aromatic carbocycles. The minimum absolute atomic E-state index is 0.248. The fourth-order valence-electron chi connectivity index (χ4n) is 5.03. The first-order valence-electron chi connectivity index (χ1n) is 13.2. The Morgan fingerprint density at radius 3 is 2.73 bits per heavy atom. The van der Waals surface area contributed by atoms with Crippen LogP contribution in [0.2, 0.25) is 0 Å². The maximum Gasteiger partial charge on any atom is 0.407 e. The van der Waals surface area contributed by atoms with Gasteiger partial charge in [-0.05, 0) is 49.6 Å². The molecule has 0 aliphatic carbocycles. The lowest BCUT2D eigenvalue weighted by molar-refractivity contribution is 0.0745. The average Bonchev–Trinajstić information content (AvgIpc) is 3.44. The van der Waals surface area contributed by atoms with Crippen molar-refractivity contribution in [2.75, 3.05) is 20.1 Å². The van der Waals surface area contributed by atoms with Crippen LogP contribution < -0.4 is 4.74 Å². The minimum atomic E-state index is -0.962. The van der Waals surface area contributed by atoms with E-state index in [0.717, 1.165) is 17.5 Å². The number of nitrogens with zero attached hydrogens (tertiary/aromatic N) is 4. The molecule has 1 aliphatic heterocycles. The largest absolute Gasteiger partial charge is 0.489 e. The molecular weight excluding hydrogens is 504 g/mol. The van der Waals surface area contributed by atoms with E-state index in [-0.39, 0.29) is 18.5 Å². The van der Waals surface area contributed by atoms with E-state index in [1.165, 1.54) is 4.90 Å². The molecule has 2 amide bonds. The quantitative estimate of drug-likeness (QED) is 0.316. The summed E-state index contributed by atoms with van der Waals surface area (Å²) in [6, 6.07) is 21.1. The predicted molar refractivity (Wildman–Crippen MR) is 153 cm³/mol. The number of rotatable bonds is 7. The normalized spacial score (nSPS) is 14.4. The van der Waals surface area contributed by atoms with Crippen molar-refractivity contribution in [1.82, 2.24) is 19.8 Å². The summed E-state index contributed by atoms with van der Waals surface area (Å²) in [7, 11) is 1.69. The lowest BCUT2D eigenvalue weighted by Crippen LogP contribution is -2.43. The average molecular weight is 535 g/mol. The number of hydrogen-bond donors (Lipinski definition) is 1. The van der Waals surface area contributed by atoms with Crippen LogP contribution in [0.15, 0.2) is 72.9 Å². The summed E-state index contributed by atoms with van der Waals surface area (Å²) in [6.07, 6.45) is 2.13. The maximum absolute atomic E-state index is 13.8. The highest BCUT2D eigenvalue weighted by Gasteiger charge is 2.31. The Bertz CT molecular complexity index is 1610.